The van der Waals surface area contributed by atoms with E-state index in [9.17, 15) is 0 Å². The van der Waals surface area contributed by atoms with Gasteiger partial charge < -0.3 is 4.74 Å². The van der Waals surface area contributed by atoms with E-state index in [0.29, 0.717) is 5.92 Å². The van der Waals surface area contributed by atoms with Crippen LogP contribution in [0.5, 0.6) is 0 Å². The van der Waals surface area contributed by atoms with Gasteiger partial charge in [0.05, 0.1) is 12.1 Å². The van der Waals surface area contributed by atoms with Crippen molar-refractivity contribution in [2.24, 2.45) is 11.8 Å². The maximum atomic E-state index is 5.74. The minimum atomic E-state index is 0.222. The molecule has 0 saturated heterocycles. The summed E-state index contributed by atoms with van der Waals surface area (Å²) in [5.74, 6) is 6.25. The quantitative estimate of drug-likeness (QED) is 0.371. The molecule has 3 N–H and O–H groups in total. The monoisotopic (exact) mass is 198 g/mol. The number of hydrazine groups is 1. The lowest BCUT2D eigenvalue weighted by Crippen LogP contribution is -2.46. The third-order valence-electron chi connectivity index (χ3n) is 2.62. The van der Waals surface area contributed by atoms with Gasteiger partial charge in [0, 0.05) is 6.61 Å². The van der Waals surface area contributed by atoms with Crippen molar-refractivity contribution < 1.29 is 4.74 Å². The van der Waals surface area contributed by atoms with E-state index < -0.39 is 0 Å². The molecular weight excluding hydrogens is 176 g/mol. The van der Waals surface area contributed by atoms with Crippen LogP contribution in [0.25, 0.3) is 0 Å². The van der Waals surface area contributed by atoms with Crippen LogP contribution < -0.4 is 11.3 Å². The fourth-order valence-corrected chi connectivity index (χ4v) is 1.84. The van der Waals surface area contributed by atoms with Crippen LogP contribution >= 0.6 is 0 Å². The second-order valence-corrected chi connectivity index (χ2v) is 4.19. The van der Waals surface area contributed by atoms with Crippen LogP contribution in [0, 0.1) is 5.92 Å². The van der Waals surface area contributed by atoms with Gasteiger partial charge in [-0.25, -0.2) is 0 Å². The van der Waals surface area contributed by atoms with Crippen molar-refractivity contribution in [1.29, 1.82) is 0 Å². The van der Waals surface area contributed by atoms with E-state index in [1.54, 1.807) is 0 Å². The predicted octanol–water partition coefficient (Wildman–Crippen LogP) is 1.60. The van der Waals surface area contributed by atoms with Crippen LogP contribution in [0.2, 0.25) is 0 Å². The molecule has 82 valence electrons. The fraction of sp³-hybridized carbons (Fsp3) is 0.818. The van der Waals surface area contributed by atoms with Crippen LogP contribution in [-0.2, 0) is 4.74 Å². The van der Waals surface area contributed by atoms with Gasteiger partial charge in [-0.1, -0.05) is 5.57 Å². The molecule has 3 nitrogen and oxygen atoms in total. The van der Waals surface area contributed by atoms with Gasteiger partial charge in [-0.3, -0.25) is 11.3 Å². The minimum Gasteiger partial charge on any atom is -0.377 e. The van der Waals surface area contributed by atoms with Crippen LogP contribution in [0.15, 0.2) is 12.2 Å². The van der Waals surface area contributed by atoms with Gasteiger partial charge >= 0.3 is 0 Å². The minimum absolute atomic E-state index is 0.222. The van der Waals surface area contributed by atoms with Crippen LogP contribution in [-0.4, -0.2) is 18.8 Å². The molecule has 0 aromatic rings. The molecule has 1 aliphatic carbocycles. The predicted molar refractivity (Wildman–Crippen MR) is 58.7 cm³/mol. The van der Waals surface area contributed by atoms with E-state index in [0.717, 1.165) is 18.6 Å². The zero-order valence-corrected chi connectivity index (χ0v) is 9.25. The summed E-state index contributed by atoms with van der Waals surface area (Å²) < 4.78 is 5.74. The van der Waals surface area contributed by atoms with E-state index >= 15 is 0 Å². The smallest absolute Gasteiger partial charge is 0.0772 e. The molecule has 14 heavy (non-hydrogen) atoms. The topological polar surface area (TPSA) is 47.3 Å². The highest BCUT2D eigenvalue weighted by Crippen LogP contribution is 2.36. The lowest BCUT2D eigenvalue weighted by atomic mass is 10.0. The van der Waals surface area contributed by atoms with E-state index in [2.05, 4.69) is 12.0 Å². The van der Waals surface area contributed by atoms with Crippen molar-refractivity contribution in [2.75, 3.05) is 6.61 Å². The summed E-state index contributed by atoms with van der Waals surface area (Å²) in [6.07, 6.45) is 3.72. The molecule has 0 bridgehead atoms. The summed E-state index contributed by atoms with van der Waals surface area (Å²) in [4.78, 5) is 0. The number of ether oxygens (including phenoxy) is 1. The molecule has 0 aliphatic heterocycles. The molecule has 0 heterocycles. The number of rotatable bonds is 7. The Hall–Kier alpha value is -0.380. The maximum absolute atomic E-state index is 5.74. The van der Waals surface area contributed by atoms with Gasteiger partial charge in [-0.15, -0.1) is 6.58 Å². The van der Waals surface area contributed by atoms with Crippen LogP contribution in [0.3, 0.4) is 0 Å². The van der Waals surface area contributed by atoms with Crippen molar-refractivity contribution in [1.82, 2.24) is 5.43 Å². The van der Waals surface area contributed by atoms with Gasteiger partial charge in [0.15, 0.2) is 0 Å². The van der Waals surface area contributed by atoms with Gasteiger partial charge in [-0.2, -0.15) is 0 Å². The number of nitrogens with one attached hydrogen (secondary N) is 1. The molecule has 2 atom stereocenters. The SMILES string of the molecule is C=C(C)CC(NN)C(OCC)C1CC1. The van der Waals surface area contributed by atoms with Crippen molar-refractivity contribution >= 4 is 0 Å². The first-order valence-corrected chi connectivity index (χ1v) is 5.41. The first-order chi connectivity index (χ1) is 6.69. The third kappa shape index (κ3) is 3.40. The first kappa shape index (κ1) is 11.7. The average molecular weight is 198 g/mol. The van der Waals surface area contributed by atoms with Gasteiger partial charge in [-0.05, 0) is 39.0 Å². The Balaban J connectivity index is 2.48. The van der Waals surface area contributed by atoms with Crippen LogP contribution in [0.4, 0.5) is 0 Å². The fourth-order valence-electron chi connectivity index (χ4n) is 1.84. The normalized spacial score (nSPS) is 20.5. The Bertz CT molecular complexity index is 190. The van der Waals surface area contributed by atoms with E-state index in [1.165, 1.54) is 12.8 Å². The van der Waals surface area contributed by atoms with E-state index in [1.807, 2.05) is 13.8 Å². The Kier molecular flexibility index (Phi) is 4.58. The molecule has 0 aromatic heterocycles. The molecule has 2 unspecified atom stereocenters. The second-order valence-electron chi connectivity index (χ2n) is 4.19. The van der Waals surface area contributed by atoms with Crippen LogP contribution in [0.1, 0.15) is 33.1 Å². The standard InChI is InChI=1S/C11H22N2O/c1-4-14-11(9-5-6-9)10(13-12)7-8(2)3/h9-11,13H,2,4-7,12H2,1,3H3. The molecule has 1 rings (SSSR count). The zero-order valence-electron chi connectivity index (χ0n) is 9.25. The molecule has 0 radical (unpaired) electrons. The summed E-state index contributed by atoms with van der Waals surface area (Å²) in [6, 6.07) is 0.222. The lowest BCUT2D eigenvalue weighted by molar-refractivity contribution is 0.0192. The largest absolute Gasteiger partial charge is 0.377 e. The summed E-state index contributed by atoms with van der Waals surface area (Å²) in [5.41, 5.74) is 4.01. The Labute approximate surface area is 86.7 Å². The average Bonchev–Trinajstić information content (AvgIpc) is 2.93. The number of nitrogens with two attached hydrogens (primary N) is 1. The molecule has 3 heteroatoms. The summed E-state index contributed by atoms with van der Waals surface area (Å²) in [6.45, 7) is 8.73. The van der Waals surface area contributed by atoms with Crippen molar-refractivity contribution in [2.45, 2.75) is 45.3 Å². The molecule has 0 amide bonds. The maximum Gasteiger partial charge on any atom is 0.0772 e. The summed E-state index contributed by atoms with van der Waals surface area (Å²) in [7, 11) is 0. The highest BCUT2D eigenvalue weighted by Gasteiger charge is 2.36. The van der Waals surface area contributed by atoms with Gasteiger partial charge in [0.2, 0.25) is 0 Å². The lowest BCUT2D eigenvalue weighted by Gasteiger charge is -2.26. The molecular formula is C11H22N2O. The number of hydrogen-bond donors (Lipinski definition) is 2. The van der Waals surface area contributed by atoms with E-state index in [-0.39, 0.29) is 12.1 Å². The van der Waals surface area contributed by atoms with Crippen molar-refractivity contribution in [3.8, 4) is 0 Å². The Morgan fingerprint density at radius 3 is 2.64 bits per heavy atom. The van der Waals surface area contributed by atoms with Crippen molar-refractivity contribution in [3.05, 3.63) is 12.2 Å². The highest BCUT2D eigenvalue weighted by atomic mass is 16.5. The zero-order chi connectivity index (χ0) is 10.6. The molecule has 1 aliphatic rings. The molecule has 0 aromatic carbocycles. The summed E-state index contributed by atoms with van der Waals surface area (Å²) in [5, 5.41) is 0. The highest BCUT2D eigenvalue weighted by molar-refractivity contribution is 4.98. The number of hydrogen-bond acceptors (Lipinski definition) is 3. The summed E-state index contributed by atoms with van der Waals surface area (Å²) >= 11 is 0. The van der Waals surface area contributed by atoms with Crippen molar-refractivity contribution in [3.63, 3.8) is 0 Å². The third-order valence-corrected chi connectivity index (χ3v) is 2.62. The van der Waals surface area contributed by atoms with Gasteiger partial charge in [0.25, 0.3) is 0 Å². The Morgan fingerprint density at radius 1 is 1.64 bits per heavy atom. The first-order valence-electron chi connectivity index (χ1n) is 5.41. The molecule has 1 saturated carbocycles. The van der Waals surface area contributed by atoms with Gasteiger partial charge in [0.1, 0.15) is 0 Å². The molecule has 1 fully saturated rings. The molecule has 0 spiro atoms. The second kappa shape index (κ2) is 5.49. The Morgan fingerprint density at radius 2 is 2.29 bits per heavy atom. The van der Waals surface area contributed by atoms with E-state index in [4.69, 9.17) is 10.6 Å².